The lowest BCUT2D eigenvalue weighted by Crippen LogP contribution is -1.86. The molecule has 0 heterocycles. The Balaban J connectivity index is 1.73. The van der Waals surface area contributed by atoms with Crippen LogP contribution in [0.2, 0.25) is 0 Å². The van der Waals surface area contributed by atoms with Gasteiger partial charge in [-0.05, 0) is 24.3 Å². The average molecular weight is 175 g/mol. The van der Waals surface area contributed by atoms with E-state index in [1.165, 1.54) is 12.8 Å². The van der Waals surface area contributed by atoms with Crippen LogP contribution in [-0.4, -0.2) is 6.21 Å². The van der Waals surface area contributed by atoms with Crippen molar-refractivity contribution in [3.05, 3.63) is 35.9 Å². The molecule has 1 aromatic rings. The molecule has 68 valence electrons. The highest BCUT2D eigenvalue weighted by Gasteiger charge is 2.18. The van der Waals surface area contributed by atoms with E-state index in [4.69, 9.17) is 4.84 Å². The van der Waals surface area contributed by atoms with Crippen molar-refractivity contribution in [2.45, 2.75) is 19.4 Å². The van der Waals surface area contributed by atoms with Gasteiger partial charge < -0.3 is 4.84 Å². The van der Waals surface area contributed by atoms with Crippen molar-refractivity contribution >= 4 is 6.21 Å². The van der Waals surface area contributed by atoms with Crippen LogP contribution in [0.5, 0.6) is 0 Å². The second-order valence-electron chi connectivity index (χ2n) is 3.35. The second-order valence-corrected chi connectivity index (χ2v) is 3.35. The van der Waals surface area contributed by atoms with E-state index in [0.29, 0.717) is 12.5 Å². The lowest BCUT2D eigenvalue weighted by Gasteiger charge is -1.97. The van der Waals surface area contributed by atoms with Gasteiger partial charge in [0.1, 0.15) is 6.61 Å². The van der Waals surface area contributed by atoms with E-state index in [0.717, 1.165) is 5.56 Å². The maximum Gasteiger partial charge on any atom is 0.142 e. The molecule has 1 aliphatic rings. The fourth-order valence-electron chi connectivity index (χ4n) is 1.06. The van der Waals surface area contributed by atoms with Gasteiger partial charge in [0.2, 0.25) is 0 Å². The molecule has 0 saturated heterocycles. The average Bonchev–Trinajstić information content (AvgIpc) is 2.98. The Kier molecular flexibility index (Phi) is 2.60. The van der Waals surface area contributed by atoms with E-state index in [-0.39, 0.29) is 0 Å². The van der Waals surface area contributed by atoms with Crippen molar-refractivity contribution in [3.8, 4) is 0 Å². The first-order valence-corrected chi connectivity index (χ1v) is 4.64. The summed E-state index contributed by atoms with van der Waals surface area (Å²) in [4.78, 5) is 5.14. The molecule has 1 fully saturated rings. The van der Waals surface area contributed by atoms with Crippen LogP contribution in [-0.2, 0) is 11.4 Å². The summed E-state index contributed by atoms with van der Waals surface area (Å²) < 4.78 is 0. The van der Waals surface area contributed by atoms with Crippen molar-refractivity contribution in [2.75, 3.05) is 0 Å². The molecule has 0 atom stereocenters. The number of rotatable bonds is 4. The lowest BCUT2D eigenvalue weighted by atomic mass is 10.2. The standard InChI is InChI=1S/C11H13NO/c1-2-4-11(5-3-1)9-13-12-8-10-6-7-10/h1-5,8,10H,6-7,9H2/b12-8+. The molecule has 0 aromatic heterocycles. The van der Waals surface area contributed by atoms with Crippen LogP contribution in [0.3, 0.4) is 0 Å². The predicted molar refractivity (Wildman–Crippen MR) is 52.4 cm³/mol. The van der Waals surface area contributed by atoms with E-state index in [9.17, 15) is 0 Å². The van der Waals surface area contributed by atoms with Crippen molar-refractivity contribution in [1.82, 2.24) is 0 Å². The molecule has 0 bridgehead atoms. The van der Waals surface area contributed by atoms with Gasteiger partial charge in [-0.15, -0.1) is 0 Å². The Bertz CT molecular complexity index is 277. The van der Waals surface area contributed by atoms with Crippen LogP contribution in [0, 0.1) is 5.92 Å². The quantitative estimate of drug-likeness (QED) is 0.509. The number of hydrogen-bond acceptors (Lipinski definition) is 2. The smallest absolute Gasteiger partial charge is 0.142 e. The van der Waals surface area contributed by atoms with Gasteiger partial charge in [0, 0.05) is 6.21 Å². The third-order valence-corrected chi connectivity index (χ3v) is 2.04. The zero-order chi connectivity index (χ0) is 8.93. The molecule has 13 heavy (non-hydrogen) atoms. The highest BCUT2D eigenvalue weighted by Crippen LogP contribution is 2.26. The summed E-state index contributed by atoms with van der Waals surface area (Å²) in [5, 5.41) is 3.90. The Morgan fingerprint density at radius 3 is 2.77 bits per heavy atom. The summed E-state index contributed by atoms with van der Waals surface area (Å²) in [6.07, 6.45) is 4.46. The van der Waals surface area contributed by atoms with Gasteiger partial charge in [-0.3, -0.25) is 0 Å². The van der Waals surface area contributed by atoms with Crippen molar-refractivity contribution < 1.29 is 4.84 Å². The maximum atomic E-state index is 5.14. The molecule has 1 aliphatic carbocycles. The Hall–Kier alpha value is -1.31. The first-order chi connectivity index (χ1) is 6.45. The zero-order valence-electron chi connectivity index (χ0n) is 7.52. The first-order valence-electron chi connectivity index (χ1n) is 4.64. The van der Waals surface area contributed by atoms with E-state index >= 15 is 0 Å². The van der Waals surface area contributed by atoms with Gasteiger partial charge in [0.25, 0.3) is 0 Å². The van der Waals surface area contributed by atoms with Crippen LogP contribution in [0.15, 0.2) is 35.5 Å². The highest BCUT2D eigenvalue weighted by atomic mass is 16.6. The van der Waals surface area contributed by atoms with Crippen molar-refractivity contribution in [1.29, 1.82) is 0 Å². The lowest BCUT2D eigenvalue weighted by molar-refractivity contribution is 0.131. The molecule has 1 aromatic carbocycles. The molecule has 0 unspecified atom stereocenters. The van der Waals surface area contributed by atoms with Gasteiger partial charge >= 0.3 is 0 Å². The number of hydrogen-bond donors (Lipinski definition) is 0. The fourth-order valence-corrected chi connectivity index (χ4v) is 1.06. The highest BCUT2D eigenvalue weighted by molar-refractivity contribution is 5.62. The second kappa shape index (κ2) is 4.08. The molecular formula is C11H13NO. The van der Waals surface area contributed by atoms with E-state index in [1.54, 1.807) is 0 Å². The molecule has 0 aliphatic heterocycles. The van der Waals surface area contributed by atoms with Crippen LogP contribution in [0.1, 0.15) is 18.4 Å². The number of nitrogens with zero attached hydrogens (tertiary/aromatic N) is 1. The van der Waals surface area contributed by atoms with E-state index in [2.05, 4.69) is 5.16 Å². The fraction of sp³-hybridized carbons (Fsp3) is 0.364. The monoisotopic (exact) mass is 175 g/mol. The van der Waals surface area contributed by atoms with Crippen molar-refractivity contribution in [3.63, 3.8) is 0 Å². The summed E-state index contributed by atoms with van der Waals surface area (Å²) in [6.45, 7) is 0.573. The topological polar surface area (TPSA) is 21.6 Å². The molecule has 2 nitrogen and oxygen atoms in total. The molecule has 0 N–H and O–H groups in total. The third-order valence-electron chi connectivity index (χ3n) is 2.04. The Morgan fingerprint density at radius 2 is 2.08 bits per heavy atom. The molecule has 0 spiro atoms. The van der Waals surface area contributed by atoms with Gasteiger partial charge in [-0.2, -0.15) is 0 Å². The minimum absolute atomic E-state index is 0.573. The Labute approximate surface area is 78.2 Å². The molecule has 0 radical (unpaired) electrons. The van der Waals surface area contributed by atoms with Crippen molar-refractivity contribution in [2.24, 2.45) is 11.1 Å². The molecule has 1 saturated carbocycles. The van der Waals surface area contributed by atoms with Crippen LogP contribution < -0.4 is 0 Å². The number of oxime groups is 1. The van der Waals surface area contributed by atoms with Crippen LogP contribution in [0.25, 0.3) is 0 Å². The predicted octanol–water partition coefficient (Wildman–Crippen LogP) is 2.60. The molecular weight excluding hydrogens is 162 g/mol. The zero-order valence-corrected chi connectivity index (χ0v) is 7.52. The first kappa shape index (κ1) is 8.30. The molecule has 2 rings (SSSR count). The minimum Gasteiger partial charge on any atom is -0.391 e. The SMILES string of the molecule is C(=N\OCc1ccccc1)/C1CC1. The van der Waals surface area contributed by atoms with E-state index in [1.807, 2.05) is 36.5 Å². The summed E-state index contributed by atoms with van der Waals surface area (Å²) >= 11 is 0. The van der Waals surface area contributed by atoms with Crippen LogP contribution in [0.4, 0.5) is 0 Å². The maximum absolute atomic E-state index is 5.14. The molecule has 2 heteroatoms. The van der Waals surface area contributed by atoms with E-state index < -0.39 is 0 Å². The summed E-state index contributed by atoms with van der Waals surface area (Å²) in [5.41, 5.74) is 1.16. The van der Waals surface area contributed by atoms with Gasteiger partial charge in [0.05, 0.1) is 0 Å². The van der Waals surface area contributed by atoms with Gasteiger partial charge in [0.15, 0.2) is 0 Å². The Morgan fingerprint density at radius 1 is 1.31 bits per heavy atom. The normalized spacial score (nSPS) is 16.3. The molecule has 0 amide bonds. The summed E-state index contributed by atoms with van der Waals surface area (Å²) in [6, 6.07) is 10.1. The minimum atomic E-state index is 0.573. The van der Waals surface area contributed by atoms with Crippen LogP contribution >= 0.6 is 0 Å². The summed E-state index contributed by atoms with van der Waals surface area (Å²) in [5.74, 6) is 0.691. The summed E-state index contributed by atoms with van der Waals surface area (Å²) in [7, 11) is 0. The van der Waals surface area contributed by atoms with Gasteiger partial charge in [-0.25, -0.2) is 0 Å². The van der Waals surface area contributed by atoms with Gasteiger partial charge in [-0.1, -0.05) is 35.5 Å². The third kappa shape index (κ3) is 2.90. The largest absolute Gasteiger partial charge is 0.391 e. The number of benzene rings is 1.